The zero-order valence-corrected chi connectivity index (χ0v) is 8.17. The van der Waals surface area contributed by atoms with Crippen LogP contribution in [0.2, 0.25) is 0 Å². The molecule has 0 aliphatic rings. The highest BCUT2D eigenvalue weighted by atomic mass is 16.5. The highest BCUT2D eigenvalue weighted by Crippen LogP contribution is 2.16. The molecule has 0 aromatic carbocycles. The molecule has 15 heavy (non-hydrogen) atoms. The van der Waals surface area contributed by atoms with Crippen molar-refractivity contribution in [3.8, 4) is 0 Å². The van der Waals surface area contributed by atoms with E-state index < -0.39 is 5.97 Å². The number of hydrogen-bond donors (Lipinski definition) is 1. The molecule has 2 aromatic heterocycles. The molecular weight excluding hydrogens is 196 g/mol. The van der Waals surface area contributed by atoms with Crippen molar-refractivity contribution in [2.24, 2.45) is 0 Å². The number of nitrogens with two attached hydrogens (primary N) is 1. The van der Waals surface area contributed by atoms with Crippen molar-refractivity contribution in [1.82, 2.24) is 14.6 Å². The molecule has 78 valence electrons. The average Bonchev–Trinajstić information content (AvgIpc) is 2.54. The van der Waals surface area contributed by atoms with E-state index in [-0.39, 0.29) is 11.4 Å². The summed E-state index contributed by atoms with van der Waals surface area (Å²) in [4.78, 5) is 15.6. The number of aromatic nitrogens is 3. The van der Waals surface area contributed by atoms with Gasteiger partial charge in [0.15, 0.2) is 11.5 Å². The fourth-order valence-corrected chi connectivity index (χ4v) is 1.30. The van der Waals surface area contributed by atoms with Crippen LogP contribution in [0.1, 0.15) is 17.3 Å². The average molecular weight is 206 g/mol. The van der Waals surface area contributed by atoms with E-state index in [9.17, 15) is 4.79 Å². The maximum Gasteiger partial charge on any atom is 0.345 e. The van der Waals surface area contributed by atoms with Gasteiger partial charge in [-0.3, -0.25) is 0 Å². The van der Waals surface area contributed by atoms with Gasteiger partial charge in [-0.15, -0.1) is 5.10 Å². The Hall–Kier alpha value is -2.11. The number of nitrogen functional groups attached to an aromatic ring is 1. The largest absolute Gasteiger partial charge is 0.462 e. The lowest BCUT2D eigenvalue weighted by atomic mass is 10.3. The van der Waals surface area contributed by atoms with Gasteiger partial charge in [0.2, 0.25) is 0 Å². The van der Waals surface area contributed by atoms with Crippen LogP contribution in [0.4, 0.5) is 5.82 Å². The van der Waals surface area contributed by atoms with Crippen LogP contribution in [0.15, 0.2) is 18.5 Å². The normalized spacial score (nSPS) is 10.5. The van der Waals surface area contributed by atoms with Crippen molar-refractivity contribution >= 4 is 17.4 Å². The van der Waals surface area contributed by atoms with Crippen molar-refractivity contribution < 1.29 is 9.53 Å². The van der Waals surface area contributed by atoms with E-state index in [4.69, 9.17) is 10.5 Å². The van der Waals surface area contributed by atoms with Crippen LogP contribution in [0.25, 0.3) is 5.65 Å². The van der Waals surface area contributed by atoms with Crippen LogP contribution in [0, 0.1) is 0 Å². The van der Waals surface area contributed by atoms with Gasteiger partial charge in [-0.05, 0) is 13.0 Å². The van der Waals surface area contributed by atoms with Crippen LogP contribution >= 0.6 is 0 Å². The third-order valence-corrected chi connectivity index (χ3v) is 1.90. The Balaban J connectivity index is 2.58. The summed E-state index contributed by atoms with van der Waals surface area (Å²) in [5, 5.41) is 3.95. The van der Waals surface area contributed by atoms with E-state index >= 15 is 0 Å². The van der Waals surface area contributed by atoms with Crippen LogP contribution in [-0.4, -0.2) is 27.2 Å². The minimum Gasteiger partial charge on any atom is -0.462 e. The van der Waals surface area contributed by atoms with E-state index in [2.05, 4.69) is 10.1 Å². The van der Waals surface area contributed by atoms with Gasteiger partial charge < -0.3 is 10.5 Å². The number of carbonyl (C=O) groups excluding carboxylic acids is 1. The summed E-state index contributed by atoms with van der Waals surface area (Å²) in [6.45, 7) is 2.02. The minimum atomic E-state index is -0.497. The van der Waals surface area contributed by atoms with E-state index in [1.165, 1.54) is 4.52 Å². The number of fused-ring (bicyclic) bond motifs is 1. The predicted octanol–water partition coefficient (Wildman–Crippen LogP) is 0.488. The molecule has 2 heterocycles. The molecule has 2 rings (SSSR count). The highest BCUT2D eigenvalue weighted by Gasteiger charge is 2.19. The zero-order valence-electron chi connectivity index (χ0n) is 8.17. The quantitative estimate of drug-likeness (QED) is 0.723. The molecule has 6 heteroatoms. The third-order valence-electron chi connectivity index (χ3n) is 1.90. The molecule has 0 fully saturated rings. The summed E-state index contributed by atoms with van der Waals surface area (Å²) in [5.41, 5.74) is 6.24. The Kier molecular flexibility index (Phi) is 2.24. The summed E-state index contributed by atoms with van der Waals surface area (Å²) in [7, 11) is 0. The van der Waals surface area contributed by atoms with Crippen LogP contribution in [0.3, 0.4) is 0 Å². The first-order chi connectivity index (χ1) is 7.24. The Morgan fingerprint density at radius 1 is 1.67 bits per heavy atom. The maximum absolute atomic E-state index is 11.5. The topological polar surface area (TPSA) is 82.5 Å². The molecule has 0 amide bonds. The number of anilines is 1. The second-order valence-electron chi connectivity index (χ2n) is 2.87. The molecule has 6 nitrogen and oxygen atoms in total. The fraction of sp³-hybridized carbons (Fsp3) is 0.222. The molecule has 0 bridgehead atoms. The van der Waals surface area contributed by atoms with Crippen LogP contribution < -0.4 is 5.73 Å². The van der Waals surface area contributed by atoms with E-state index in [0.29, 0.717) is 12.3 Å². The van der Waals surface area contributed by atoms with Gasteiger partial charge in [0.05, 0.1) is 6.61 Å². The smallest absolute Gasteiger partial charge is 0.345 e. The molecule has 0 saturated heterocycles. The Morgan fingerprint density at radius 3 is 3.20 bits per heavy atom. The molecule has 0 unspecified atom stereocenters. The van der Waals surface area contributed by atoms with E-state index in [0.717, 1.165) is 0 Å². The number of ether oxygens (including phenoxy) is 1. The number of rotatable bonds is 2. The summed E-state index contributed by atoms with van der Waals surface area (Å²) in [6.07, 6.45) is 3.24. The summed E-state index contributed by atoms with van der Waals surface area (Å²) in [5.74, 6) is -0.365. The van der Waals surface area contributed by atoms with E-state index in [1.54, 1.807) is 25.4 Å². The van der Waals surface area contributed by atoms with Crippen molar-refractivity contribution in [1.29, 1.82) is 0 Å². The lowest BCUT2D eigenvalue weighted by molar-refractivity contribution is 0.0529. The van der Waals surface area contributed by atoms with Gasteiger partial charge >= 0.3 is 5.97 Å². The first kappa shape index (κ1) is 9.45. The van der Waals surface area contributed by atoms with Crippen LogP contribution in [-0.2, 0) is 4.74 Å². The molecule has 0 spiro atoms. The van der Waals surface area contributed by atoms with Gasteiger partial charge in [-0.2, -0.15) is 0 Å². The Labute approximate surface area is 85.7 Å². The lowest BCUT2D eigenvalue weighted by Crippen LogP contribution is -2.07. The number of nitrogens with zero attached hydrogens (tertiary/aromatic N) is 3. The predicted molar refractivity (Wildman–Crippen MR) is 53.4 cm³/mol. The van der Waals surface area contributed by atoms with Gasteiger partial charge in [0.25, 0.3) is 0 Å². The second kappa shape index (κ2) is 3.56. The van der Waals surface area contributed by atoms with Gasteiger partial charge in [0, 0.05) is 12.4 Å². The number of hydrogen-bond acceptors (Lipinski definition) is 5. The second-order valence-corrected chi connectivity index (χ2v) is 2.87. The Morgan fingerprint density at radius 2 is 2.47 bits per heavy atom. The van der Waals surface area contributed by atoms with Crippen molar-refractivity contribution in [2.45, 2.75) is 6.92 Å². The van der Waals surface area contributed by atoms with Gasteiger partial charge in [-0.25, -0.2) is 14.3 Å². The zero-order chi connectivity index (χ0) is 10.8. The molecule has 0 saturated carbocycles. The van der Waals surface area contributed by atoms with Crippen molar-refractivity contribution in [3.63, 3.8) is 0 Å². The number of esters is 1. The summed E-state index contributed by atoms with van der Waals surface area (Å²) >= 11 is 0. The monoisotopic (exact) mass is 206 g/mol. The standard InChI is InChI=1S/C9H10N4O2/c1-2-15-9(14)6-7(10)12-13-5-3-4-11-8(6)13/h3-5H,2H2,1H3,(H2,10,12). The van der Waals surface area contributed by atoms with Crippen molar-refractivity contribution in [2.75, 3.05) is 12.3 Å². The van der Waals surface area contributed by atoms with Gasteiger partial charge in [-0.1, -0.05) is 0 Å². The first-order valence-corrected chi connectivity index (χ1v) is 4.50. The summed E-state index contributed by atoms with van der Waals surface area (Å²) < 4.78 is 6.31. The first-order valence-electron chi connectivity index (χ1n) is 4.50. The van der Waals surface area contributed by atoms with Gasteiger partial charge in [0.1, 0.15) is 5.56 Å². The summed E-state index contributed by atoms with van der Waals surface area (Å²) in [6, 6.07) is 1.70. The molecule has 0 aliphatic heterocycles. The van der Waals surface area contributed by atoms with E-state index in [1.807, 2.05) is 0 Å². The highest BCUT2D eigenvalue weighted by molar-refractivity contribution is 6.00. The number of carbonyl (C=O) groups is 1. The molecule has 0 atom stereocenters. The lowest BCUT2D eigenvalue weighted by Gasteiger charge is -1.99. The molecule has 2 N–H and O–H groups in total. The molecule has 0 radical (unpaired) electrons. The van der Waals surface area contributed by atoms with Crippen LogP contribution in [0.5, 0.6) is 0 Å². The molecule has 0 aliphatic carbocycles. The third kappa shape index (κ3) is 1.50. The SMILES string of the molecule is CCOC(=O)c1c(N)nn2cccnc12. The Bertz CT molecular complexity index is 506. The fourth-order valence-electron chi connectivity index (χ4n) is 1.30. The van der Waals surface area contributed by atoms with Crippen molar-refractivity contribution in [3.05, 3.63) is 24.0 Å². The molecular formula is C9H10N4O2. The minimum absolute atomic E-state index is 0.132. The maximum atomic E-state index is 11.5. The molecule has 2 aromatic rings.